The monoisotopic (exact) mass is 311 g/mol. The number of anilines is 1. The summed E-state index contributed by atoms with van der Waals surface area (Å²) in [5.74, 6) is -2.03. The maximum Gasteiger partial charge on any atom is 0.337 e. The lowest BCUT2D eigenvalue weighted by Gasteiger charge is -2.08. The number of nitrogens with one attached hydrogen (secondary N) is 1. The highest BCUT2D eigenvalue weighted by atomic mass is 32.2. The van der Waals surface area contributed by atoms with Crippen molar-refractivity contribution >= 4 is 22.6 Å². The molecule has 0 aromatic heterocycles. The number of benzene rings is 2. The predicted octanol–water partition coefficient (Wildman–Crippen LogP) is 2.89. The summed E-state index contributed by atoms with van der Waals surface area (Å²) in [7, 11) is -0.758. The lowest BCUT2D eigenvalue weighted by molar-refractivity contribution is 0.0601. The van der Waals surface area contributed by atoms with Gasteiger partial charge in [-0.1, -0.05) is 6.07 Å². The second kappa shape index (κ2) is 6.45. The number of rotatable bonds is 4. The van der Waals surface area contributed by atoms with Crippen LogP contribution in [0.4, 0.5) is 14.5 Å². The minimum atomic E-state index is -2.00. The molecule has 0 spiro atoms. The second-order valence-electron chi connectivity index (χ2n) is 4.02. The molecule has 1 atom stereocenters. The number of carbonyl (C=O) groups is 1. The van der Waals surface area contributed by atoms with Crippen molar-refractivity contribution in [3.8, 4) is 0 Å². The van der Waals surface area contributed by atoms with Crippen LogP contribution in [0.25, 0.3) is 0 Å². The lowest BCUT2D eigenvalue weighted by Crippen LogP contribution is -2.08. The van der Waals surface area contributed by atoms with Gasteiger partial charge in [-0.15, -0.1) is 0 Å². The van der Waals surface area contributed by atoms with Gasteiger partial charge < -0.3 is 9.46 Å². The first kappa shape index (κ1) is 15.1. The van der Waals surface area contributed by atoms with Crippen molar-refractivity contribution in [2.75, 3.05) is 11.8 Å². The summed E-state index contributed by atoms with van der Waals surface area (Å²) >= 11 is 0. The van der Waals surface area contributed by atoms with Crippen LogP contribution in [0.15, 0.2) is 47.4 Å². The fourth-order valence-corrected chi connectivity index (χ4v) is 2.52. The van der Waals surface area contributed by atoms with E-state index in [0.717, 1.165) is 18.2 Å². The highest BCUT2D eigenvalue weighted by Crippen LogP contribution is 2.18. The van der Waals surface area contributed by atoms with Crippen LogP contribution < -0.4 is 4.72 Å². The number of carbonyl (C=O) groups excluding carboxylic acids is 1. The van der Waals surface area contributed by atoms with Gasteiger partial charge in [0.1, 0.15) is 11.6 Å². The molecule has 0 saturated carbocycles. The Morgan fingerprint density at radius 3 is 2.67 bits per heavy atom. The molecule has 2 rings (SSSR count). The molecule has 7 heteroatoms. The number of ether oxygens (including phenoxy) is 1. The smallest absolute Gasteiger partial charge is 0.337 e. The highest BCUT2D eigenvalue weighted by Gasteiger charge is 2.13. The highest BCUT2D eigenvalue weighted by molar-refractivity contribution is 7.86. The fraction of sp³-hybridized carbons (Fsp3) is 0.0714. The molecule has 2 aromatic carbocycles. The number of methoxy groups -OCH3 is 1. The molecule has 0 saturated heterocycles. The van der Waals surface area contributed by atoms with E-state index >= 15 is 0 Å². The maximum absolute atomic E-state index is 13.5. The second-order valence-corrected chi connectivity index (χ2v) is 5.20. The van der Waals surface area contributed by atoms with Crippen LogP contribution in [-0.4, -0.2) is 17.3 Å². The molecule has 0 fully saturated rings. The Balaban J connectivity index is 2.23. The summed E-state index contributed by atoms with van der Waals surface area (Å²) in [6, 6.07) is 8.70. The standard InChI is InChI=1S/C14H11F2NO3S/c1-20-14(18)9-3-2-4-11(7-9)17-21(19)13-8-10(15)5-6-12(13)16/h2-8,17H,1H3. The molecule has 0 aliphatic carbocycles. The van der Waals surface area contributed by atoms with Crippen LogP contribution in [0.5, 0.6) is 0 Å². The Labute approximate surface area is 122 Å². The van der Waals surface area contributed by atoms with Gasteiger partial charge in [0.2, 0.25) is 0 Å². The van der Waals surface area contributed by atoms with Gasteiger partial charge in [0.25, 0.3) is 0 Å². The zero-order valence-electron chi connectivity index (χ0n) is 10.9. The Morgan fingerprint density at radius 1 is 1.19 bits per heavy atom. The van der Waals surface area contributed by atoms with E-state index < -0.39 is 28.6 Å². The molecule has 1 unspecified atom stereocenters. The minimum absolute atomic E-state index is 0.249. The molecule has 110 valence electrons. The molecule has 0 radical (unpaired) electrons. The summed E-state index contributed by atoms with van der Waals surface area (Å²) in [6.45, 7) is 0. The first-order valence-corrected chi connectivity index (χ1v) is 6.98. The van der Waals surface area contributed by atoms with Gasteiger partial charge in [0.05, 0.1) is 17.6 Å². The molecule has 0 bridgehead atoms. The van der Waals surface area contributed by atoms with E-state index in [0.29, 0.717) is 5.69 Å². The minimum Gasteiger partial charge on any atom is -0.465 e. The van der Waals surface area contributed by atoms with Crippen molar-refractivity contribution < 1.29 is 22.5 Å². The Kier molecular flexibility index (Phi) is 4.64. The number of hydrogen-bond acceptors (Lipinski definition) is 3. The normalized spacial score (nSPS) is 11.8. The Hall–Kier alpha value is -2.28. The van der Waals surface area contributed by atoms with Crippen LogP contribution >= 0.6 is 0 Å². The number of esters is 1. The van der Waals surface area contributed by atoms with E-state index in [1.54, 1.807) is 12.1 Å². The van der Waals surface area contributed by atoms with Crippen molar-refractivity contribution in [3.63, 3.8) is 0 Å². The van der Waals surface area contributed by atoms with Gasteiger partial charge in [-0.3, -0.25) is 0 Å². The molecular weight excluding hydrogens is 300 g/mol. The van der Waals surface area contributed by atoms with Crippen molar-refractivity contribution in [2.45, 2.75) is 4.90 Å². The third-order valence-electron chi connectivity index (χ3n) is 2.59. The topological polar surface area (TPSA) is 55.4 Å². The van der Waals surface area contributed by atoms with Gasteiger partial charge in [0, 0.05) is 5.69 Å². The molecule has 0 aliphatic rings. The van der Waals surface area contributed by atoms with Crippen molar-refractivity contribution in [1.82, 2.24) is 0 Å². The molecule has 0 aliphatic heterocycles. The zero-order chi connectivity index (χ0) is 15.4. The number of halogens is 2. The fourth-order valence-electron chi connectivity index (χ4n) is 1.61. The van der Waals surface area contributed by atoms with Crippen molar-refractivity contribution in [3.05, 3.63) is 59.7 Å². The summed E-state index contributed by atoms with van der Waals surface area (Å²) in [6.07, 6.45) is 0. The van der Waals surface area contributed by atoms with E-state index in [-0.39, 0.29) is 10.5 Å². The van der Waals surface area contributed by atoms with Crippen LogP contribution in [0, 0.1) is 11.6 Å². The lowest BCUT2D eigenvalue weighted by atomic mass is 10.2. The summed E-state index contributed by atoms with van der Waals surface area (Å²) in [5, 5.41) is 0. The van der Waals surface area contributed by atoms with Gasteiger partial charge in [-0.2, -0.15) is 0 Å². The van der Waals surface area contributed by atoms with E-state index in [4.69, 9.17) is 0 Å². The molecule has 21 heavy (non-hydrogen) atoms. The van der Waals surface area contributed by atoms with Crippen LogP contribution in [0.1, 0.15) is 10.4 Å². The Morgan fingerprint density at radius 2 is 1.95 bits per heavy atom. The van der Waals surface area contributed by atoms with E-state index in [1.807, 2.05) is 0 Å². The van der Waals surface area contributed by atoms with E-state index in [1.165, 1.54) is 19.2 Å². The average Bonchev–Trinajstić information content (AvgIpc) is 2.49. The van der Waals surface area contributed by atoms with Crippen LogP contribution in [0.3, 0.4) is 0 Å². The van der Waals surface area contributed by atoms with Crippen LogP contribution in [0.2, 0.25) is 0 Å². The van der Waals surface area contributed by atoms with E-state index in [9.17, 15) is 17.8 Å². The van der Waals surface area contributed by atoms with Crippen molar-refractivity contribution in [1.29, 1.82) is 0 Å². The molecular formula is C14H11F2NO3S. The molecule has 0 heterocycles. The molecule has 2 aromatic rings. The average molecular weight is 311 g/mol. The first-order valence-electron chi connectivity index (χ1n) is 5.83. The van der Waals surface area contributed by atoms with Gasteiger partial charge in [-0.25, -0.2) is 17.8 Å². The molecule has 0 amide bonds. The van der Waals surface area contributed by atoms with Crippen molar-refractivity contribution in [2.24, 2.45) is 0 Å². The predicted molar refractivity (Wildman–Crippen MR) is 74.2 cm³/mol. The zero-order valence-corrected chi connectivity index (χ0v) is 11.7. The molecule has 4 nitrogen and oxygen atoms in total. The first-order chi connectivity index (χ1) is 10.0. The third kappa shape index (κ3) is 3.63. The van der Waals surface area contributed by atoms with Gasteiger partial charge >= 0.3 is 5.97 Å². The maximum atomic E-state index is 13.5. The van der Waals surface area contributed by atoms with Crippen LogP contribution in [-0.2, 0) is 15.7 Å². The largest absolute Gasteiger partial charge is 0.465 e. The Bertz CT molecular complexity index is 706. The summed E-state index contributed by atoms with van der Waals surface area (Å²) in [4.78, 5) is 11.1. The van der Waals surface area contributed by atoms with Gasteiger partial charge in [0.15, 0.2) is 11.0 Å². The molecule has 1 N–H and O–H groups in total. The summed E-state index contributed by atoms with van der Waals surface area (Å²) < 4.78 is 45.7. The third-order valence-corrected chi connectivity index (χ3v) is 3.72. The van der Waals surface area contributed by atoms with Gasteiger partial charge in [-0.05, 0) is 36.4 Å². The summed E-state index contributed by atoms with van der Waals surface area (Å²) in [5.41, 5.74) is 0.569. The van der Waals surface area contributed by atoms with E-state index in [2.05, 4.69) is 9.46 Å². The SMILES string of the molecule is COC(=O)c1cccc(NS(=O)c2cc(F)ccc2F)c1. The quantitative estimate of drug-likeness (QED) is 0.883. The number of hydrogen-bond donors (Lipinski definition) is 1.